The second kappa shape index (κ2) is 7.29. The lowest BCUT2D eigenvalue weighted by molar-refractivity contribution is -0.384. The number of nitrogens with zero attached hydrogens (tertiary/aromatic N) is 5. The zero-order chi connectivity index (χ0) is 19.6. The number of rotatable bonds is 6. The van der Waals surface area contributed by atoms with E-state index in [2.05, 4.69) is 20.4 Å². The quantitative estimate of drug-likeness (QED) is 0.491. The van der Waals surface area contributed by atoms with Crippen LogP contribution in [0.25, 0.3) is 0 Å². The molecular weight excluding hydrogens is 372 g/mol. The standard InChI is InChI=1S/C17H17ClN6O3/c1-17(2,25)15-14(18)8-19-16(22-15)21-12-7-20-23(10-12)9-11-3-5-13(6-4-11)24(26)27/h3-8,10,25H,9H2,1-2H3,(H,19,21,22). The van der Waals surface area contributed by atoms with Gasteiger partial charge in [-0.05, 0) is 19.4 Å². The summed E-state index contributed by atoms with van der Waals surface area (Å²) in [7, 11) is 0. The van der Waals surface area contributed by atoms with Gasteiger partial charge in [-0.15, -0.1) is 0 Å². The van der Waals surface area contributed by atoms with Crippen LogP contribution in [0.1, 0.15) is 25.1 Å². The lowest BCUT2D eigenvalue weighted by Crippen LogP contribution is -2.19. The number of nitro groups is 1. The Morgan fingerprint density at radius 3 is 2.63 bits per heavy atom. The molecule has 2 aromatic heterocycles. The molecule has 0 aliphatic carbocycles. The van der Waals surface area contributed by atoms with Crippen molar-refractivity contribution in [3.8, 4) is 0 Å². The second-order valence-corrected chi connectivity index (χ2v) is 6.83. The van der Waals surface area contributed by atoms with E-state index in [1.807, 2.05) is 0 Å². The number of aromatic nitrogens is 4. The van der Waals surface area contributed by atoms with Gasteiger partial charge in [0.2, 0.25) is 5.95 Å². The first-order valence-electron chi connectivity index (χ1n) is 8.00. The molecule has 0 spiro atoms. The van der Waals surface area contributed by atoms with Crippen molar-refractivity contribution in [2.45, 2.75) is 26.0 Å². The fraction of sp³-hybridized carbons (Fsp3) is 0.235. The molecule has 0 saturated heterocycles. The summed E-state index contributed by atoms with van der Waals surface area (Å²) in [5.41, 5.74) is 0.698. The van der Waals surface area contributed by atoms with Crippen LogP contribution in [-0.4, -0.2) is 29.8 Å². The molecule has 0 radical (unpaired) electrons. The molecule has 2 N–H and O–H groups in total. The molecule has 10 heteroatoms. The Bertz CT molecular complexity index is 966. The SMILES string of the molecule is CC(C)(O)c1nc(Nc2cnn(Cc3ccc([N+](=O)[O-])cc3)c2)ncc1Cl. The van der Waals surface area contributed by atoms with Crippen molar-refractivity contribution in [3.05, 3.63) is 69.3 Å². The Kier molecular flexibility index (Phi) is 5.06. The zero-order valence-corrected chi connectivity index (χ0v) is 15.4. The molecular formula is C17H17ClN6O3. The molecule has 3 aromatic rings. The molecule has 9 nitrogen and oxygen atoms in total. The van der Waals surface area contributed by atoms with Crippen LogP contribution in [0.5, 0.6) is 0 Å². The van der Waals surface area contributed by atoms with Crippen LogP contribution < -0.4 is 5.32 Å². The van der Waals surface area contributed by atoms with Crippen molar-refractivity contribution in [3.63, 3.8) is 0 Å². The molecule has 0 saturated carbocycles. The highest BCUT2D eigenvalue weighted by Crippen LogP contribution is 2.26. The smallest absolute Gasteiger partial charge is 0.269 e. The van der Waals surface area contributed by atoms with Gasteiger partial charge < -0.3 is 10.4 Å². The van der Waals surface area contributed by atoms with Crippen LogP contribution in [0, 0.1) is 10.1 Å². The maximum Gasteiger partial charge on any atom is 0.269 e. The molecule has 140 valence electrons. The predicted molar refractivity (Wildman–Crippen MR) is 100.0 cm³/mol. The van der Waals surface area contributed by atoms with Gasteiger partial charge in [-0.2, -0.15) is 5.10 Å². The topological polar surface area (TPSA) is 119 Å². The first kappa shape index (κ1) is 18.7. The zero-order valence-electron chi connectivity index (χ0n) is 14.6. The minimum Gasteiger partial charge on any atom is -0.384 e. The van der Waals surface area contributed by atoms with Crippen molar-refractivity contribution in [1.82, 2.24) is 19.7 Å². The van der Waals surface area contributed by atoms with E-state index < -0.39 is 10.5 Å². The third kappa shape index (κ3) is 4.57. The van der Waals surface area contributed by atoms with E-state index in [9.17, 15) is 15.2 Å². The first-order chi connectivity index (χ1) is 12.7. The van der Waals surface area contributed by atoms with E-state index >= 15 is 0 Å². The van der Waals surface area contributed by atoms with Gasteiger partial charge in [-0.1, -0.05) is 23.7 Å². The summed E-state index contributed by atoms with van der Waals surface area (Å²) in [4.78, 5) is 18.6. The Morgan fingerprint density at radius 2 is 2.00 bits per heavy atom. The molecule has 0 bridgehead atoms. The molecule has 0 aliphatic heterocycles. The van der Waals surface area contributed by atoms with Crippen molar-refractivity contribution < 1.29 is 10.0 Å². The van der Waals surface area contributed by atoms with Gasteiger partial charge in [-0.25, -0.2) is 9.97 Å². The van der Waals surface area contributed by atoms with Gasteiger partial charge in [0.05, 0.1) is 40.3 Å². The number of hydrogen-bond donors (Lipinski definition) is 2. The summed E-state index contributed by atoms with van der Waals surface area (Å²) in [6.07, 6.45) is 4.78. The summed E-state index contributed by atoms with van der Waals surface area (Å²) >= 11 is 6.04. The minimum absolute atomic E-state index is 0.0454. The third-order valence-electron chi connectivity index (χ3n) is 3.70. The van der Waals surface area contributed by atoms with Gasteiger partial charge in [0.1, 0.15) is 5.60 Å². The van der Waals surface area contributed by atoms with Crippen LogP contribution in [0.3, 0.4) is 0 Å². The Hall–Kier alpha value is -3.04. The molecule has 2 heterocycles. The molecule has 0 aliphatic rings. The monoisotopic (exact) mass is 388 g/mol. The van der Waals surface area contributed by atoms with E-state index in [0.29, 0.717) is 17.9 Å². The van der Waals surface area contributed by atoms with Crippen LogP contribution in [-0.2, 0) is 12.1 Å². The van der Waals surface area contributed by atoms with E-state index in [1.165, 1.54) is 18.3 Å². The molecule has 0 amide bonds. The van der Waals surface area contributed by atoms with E-state index in [-0.39, 0.29) is 16.7 Å². The average Bonchev–Trinajstić information content (AvgIpc) is 3.03. The molecule has 27 heavy (non-hydrogen) atoms. The number of benzene rings is 1. The molecule has 0 atom stereocenters. The van der Waals surface area contributed by atoms with Crippen LogP contribution in [0.4, 0.5) is 17.3 Å². The van der Waals surface area contributed by atoms with Crippen LogP contribution >= 0.6 is 11.6 Å². The number of hydrogen-bond acceptors (Lipinski definition) is 7. The number of nitrogens with one attached hydrogen (secondary N) is 1. The summed E-state index contributed by atoms with van der Waals surface area (Å²) in [6, 6.07) is 6.28. The summed E-state index contributed by atoms with van der Waals surface area (Å²) < 4.78 is 1.68. The number of non-ortho nitro benzene ring substituents is 1. The highest BCUT2D eigenvalue weighted by atomic mass is 35.5. The van der Waals surface area contributed by atoms with E-state index in [4.69, 9.17) is 11.6 Å². The molecule has 0 unspecified atom stereocenters. The van der Waals surface area contributed by atoms with Gasteiger partial charge in [-0.3, -0.25) is 14.8 Å². The number of halogens is 1. The van der Waals surface area contributed by atoms with Gasteiger partial charge in [0.15, 0.2) is 0 Å². The minimum atomic E-state index is -1.20. The van der Waals surface area contributed by atoms with Gasteiger partial charge in [0.25, 0.3) is 5.69 Å². The fourth-order valence-electron chi connectivity index (χ4n) is 2.41. The average molecular weight is 389 g/mol. The van der Waals surface area contributed by atoms with Crippen LogP contribution in [0.2, 0.25) is 5.02 Å². The van der Waals surface area contributed by atoms with Gasteiger partial charge >= 0.3 is 0 Å². The summed E-state index contributed by atoms with van der Waals surface area (Å²) in [5, 5.41) is 28.4. The van der Waals surface area contributed by atoms with E-state index in [0.717, 1.165) is 5.56 Å². The molecule has 1 aromatic carbocycles. The third-order valence-corrected chi connectivity index (χ3v) is 3.98. The fourth-order valence-corrected chi connectivity index (χ4v) is 2.73. The Balaban J connectivity index is 1.72. The Morgan fingerprint density at radius 1 is 1.30 bits per heavy atom. The molecule has 3 rings (SSSR count). The highest BCUT2D eigenvalue weighted by molar-refractivity contribution is 6.31. The maximum absolute atomic E-state index is 10.7. The largest absolute Gasteiger partial charge is 0.384 e. The summed E-state index contributed by atoms with van der Waals surface area (Å²) in [5.74, 6) is 0.284. The van der Waals surface area contributed by atoms with Crippen molar-refractivity contribution in [2.24, 2.45) is 0 Å². The second-order valence-electron chi connectivity index (χ2n) is 6.42. The normalized spacial score (nSPS) is 11.4. The lowest BCUT2D eigenvalue weighted by atomic mass is 10.1. The highest BCUT2D eigenvalue weighted by Gasteiger charge is 2.22. The van der Waals surface area contributed by atoms with Crippen LogP contribution in [0.15, 0.2) is 42.9 Å². The van der Waals surface area contributed by atoms with Crippen molar-refractivity contribution in [1.29, 1.82) is 0 Å². The Labute approximate surface area is 159 Å². The van der Waals surface area contributed by atoms with Gasteiger partial charge in [0, 0.05) is 18.3 Å². The number of anilines is 2. The lowest BCUT2D eigenvalue weighted by Gasteiger charge is -2.18. The van der Waals surface area contributed by atoms with Crippen molar-refractivity contribution in [2.75, 3.05) is 5.32 Å². The van der Waals surface area contributed by atoms with Crippen molar-refractivity contribution >= 4 is 28.9 Å². The summed E-state index contributed by atoms with van der Waals surface area (Å²) in [6.45, 7) is 3.64. The number of aliphatic hydroxyl groups is 1. The predicted octanol–water partition coefficient (Wildman–Crippen LogP) is 3.25. The first-order valence-corrected chi connectivity index (χ1v) is 8.38. The number of nitro benzene ring substituents is 1. The molecule has 0 fully saturated rings. The maximum atomic E-state index is 10.7. The van der Waals surface area contributed by atoms with E-state index in [1.54, 1.807) is 43.1 Å².